The average molecular weight is 236 g/mol. The summed E-state index contributed by atoms with van der Waals surface area (Å²) in [6.07, 6.45) is 0. The van der Waals surface area contributed by atoms with Crippen molar-refractivity contribution >= 4 is 16.6 Å². The topological polar surface area (TPSA) is 27.8 Å². The number of H-pyrrole nitrogens is 1. The van der Waals surface area contributed by atoms with E-state index in [0.29, 0.717) is 0 Å². The molecule has 1 heterocycles. The second kappa shape index (κ2) is 4.22. The van der Waals surface area contributed by atoms with Crippen LogP contribution in [0.3, 0.4) is 0 Å². The van der Waals surface area contributed by atoms with Crippen LogP contribution in [-0.4, -0.2) is 12.0 Å². The fourth-order valence-corrected chi connectivity index (χ4v) is 2.48. The van der Waals surface area contributed by atoms with E-state index in [9.17, 15) is 0 Å². The van der Waals surface area contributed by atoms with Crippen LogP contribution in [0.1, 0.15) is 5.69 Å². The summed E-state index contributed by atoms with van der Waals surface area (Å²) >= 11 is 0. The van der Waals surface area contributed by atoms with Gasteiger partial charge in [0.25, 0.3) is 0 Å². The predicted molar refractivity (Wildman–Crippen MR) is 78.0 cm³/mol. The van der Waals surface area contributed by atoms with Crippen molar-refractivity contribution in [2.75, 3.05) is 12.4 Å². The minimum absolute atomic E-state index is 1.14. The van der Waals surface area contributed by atoms with Crippen molar-refractivity contribution in [3.05, 3.63) is 54.2 Å². The maximum absolute atomic E-state index is 3.44. The lowest BCUT2D eigenvalue weighted by Gasteiger charge is -2.05. The molecular formula is C16H16N2. The maximum atomic E-state index is 3.44. The van der Waals surface area contributed by atoms with E-state index in [4.69, 9.17) is 0 Å². The van der Waals surface area contributed by atoms with Gasteiger partial charge in [-0.05, 0) is 30.7 Å². The lowest BCUT2D eigenvalue weighted by atomic mass is 10.0. The molecule has 0 aliphatic rings. The lowest BCUT2D eigenvalue weighted by molar-refractivity contribution is 1.30. The Morgan fingerprint density at radius 1 is 1.00 bits per heavy atom. The zero-order chi connectivity index (χ0) is 12.5. The Hall–Kier alpha value is -2.22. The van der Waals surface area contributed by atoms with Crippen LogP contribution in [-0.2, 0) is 0 Å². The third-order valence-corrected chi connectivity index (χ3v) is 3.33. The highest BCUT2D eigenvalue weighted by molar-refractivity contribution is 5.97. The third kappa shape index (κ3) is 1.66. The van der Waals surface area contributed by atoms with Crippen LogP contribution in [0.4, 0.5) is 5.69 Å². The number of para-hydroxylation sites is 1. The number of fused-ring (bicyclic) bond motifs is 1. The molecule has 0 saturated heterocycles. The van der Waals surface area contributed by atoms with Crippen LogP contribution in [0, 0.1) is 6.92 Å². The second-order valence-corrected chi connectivity index (χ2v) is 4.50. The molecule has 2 aromatic carbocycles. The Morgan fingerprint density at radius 2 is 1.83 bits per heavy atom. The van der Waals surface area contributed by atoms with Gasteiger partial charge >= 0.3 is 0 Å². The number of aryl methyl sites for hydroxylation is 1. The van der Waals surface area contributed by atoms with Crippen LogP contribution in [0.2, 0.25) is 0 Å². The van der Waals surface area contributed by atoms with E-state index >= 15 is 0 Å². The number of aromatic nitrogens is 1. The van der Waals surface area contributed by atoms with Crippen LogP contribution >= 0.6 is 0 Å². The molecule has 2 N–H and O–H groups in total. The second-order valence-electron chi connectivity index (χ2n) is 4.50. The van der Waals surface area contributed by atoms with Gasteiger partial charge in [0.05, 0.1) is 0 Å². The molecule has 2 heteroatoms. The molecule has 2 nitrogen and oxygen atoms in total. The van der Waals surface area contributed by atoms with Crippen molar-refractivity contribution in [3.8, 4) is 11.1 Å². The Morgan fingerprint density at radius 3 is 2.67 bits per heavy atom. The lowest BCUT2D eigenvalue weighted by Crippen LogP contribution is -1.88. The van der Waals surface area contributed by atoms with E-state index in [0.717, 1.165) is 5.69 Å². The van der Waals surface area contributed by atoms with Crippen molar-refractivity contribution < 1.29 is 0 Å². The summed E-state index contributed by atoms with van der Waals surface area (Å²) < 4.78 is 0. The van der Waals surface area contributed by atoms with Crippen LogP contribution in [0.5, 0.6) is 0 Å². The average Bonchev–Trinajstić information content (AvgIpc) is 2.74. The zero-order valence-corrected chi connectivity index (χ0v) is 10.6. The van der Waals surface area contributed by atoms with Gasteiger partial charge in [-0.1, -0.05) is 30.3 Å². The smallest absolute Gasteiger partial charge is 0.0462 e. The first-order chi connectivity index (χ1) is 8.79. The molecule has 0 spiro atoms. The van der Waals surface area contributed by atoms with Crippen LogP contribution in [0.15, 0.2) is 48.5 Å². The van der Waals surface area contributed by atoms with Gasteiger partial charge in [0.15, 0.2) is 0 Å². The summed E-state index contributed by atoms with van der Waals surface area (Å²) in [6.45, 7) is 2.13. The van der Waals surface area contributed by atoms with Crippen molar-refractivity contribution in [2.24, 2.45) is 0 Å². The maximum Gasteiger partial charge on any atom is 0.0462 e. The Balaban J connectivity index is 2.27. The van der Waals surface area contributed by atoms with Crippen molar-refractivity contribution in [2.45, 2.75) is 6.92 Å². The van der Waals surface area contributed by atoms with Gasteiger partial charge in [0, 0.05) is 34.9 Å². The Kier molecular flexibility index (Phi) is 2.56. The number of aromatic amines is 1. The number of benzene rings is 2. The highest BCUT2D eigenvalue weighted by Crippen LogP contribution is 2.32. The highest BCUT2D eigenvalue weighted by atomic mass is 14.8. The standard InChI is InChI=1S/C16H16N2/c1-11-16(12-6-5-7-13(10-12)17-2)14-8-3-4-9-15(14)18-11/h3-10,17-18H,1-2H3. The number of anilines is 1. The van der Waals surface area contributed by atoms with Gasteiger partial charge in [-0.3, -0.25) is 0 Å². The van der Waals surface area contributed by atoms with Crippen molar-refractivity contribution in [1.82, 2.24) is 4.98 Å². The molecule has 0 unspecified atom stereocenters. The molecule has 0 aliphatic carbocycles. The van der Waals surface area contributed by atoms with Crippen molar-refractivity contribution in [1.29, 1.82) is 0 Å². The van der Waals surface area contributed by atoms with Crippen molar-refractivity contribution in [3.63, 3.8) is 0 Å². The number of nitrogens with one attached hydrogen (secondary N) is 2. The van der Waals surface area contributed by atoms with E-state index < -0.39 is 0 Å². The number of hydrogen-bond donors (Lipinski definition) is 2. The first-order valence-electron chi connectivity index (χ1n) is 6.15. The fraction of sp³-hybridized carbons (Fsp3) is 0.125. The van der Waals surface area contributed by atoms with Crippen LogP contribution in [0.25, 0.3) is 22.0 Å². The van der Waals surface area contributed by atoms with Gasteiger partial charge in [0.2, 0.25) is 0 Å². The Labute approximate surface area is 107 Å². The predicted octanol–water partition coefficient (Wildman–Crippen LogP) is 4.19. The SMILES string of the molecule is CNc1cccc(-c2c(C)[nH]c3ccccc23)c1. The summed E-state index contributed by atoms with van der Waals surface area (Å²) in [4.78, 5) is 3.44. The van der Waals surface area contributed by atoms with E-state index in [1.165, 1.54) is 27.7 Å². The molecule has 0 atom stereocenters. The van der Waals surface area contributed by atoms with E-state index in [2.05, 4.69) is 65.8 Å². The molecule has 0 bridgehead atoms. The minimum Gasteiger partial charge on any atom is -0.388 e. The third-order valence-electron chi connectivity index (χ3n) is 3.33. The summed E-state index contributed by atoms with van der Waals surface area (Å²) in [5.74, 6) is 0. The van der Waals surface area contributed by atoms with Gasteiger partial charge in [-0.2, -0.15) is 0 Å². The zero-order valence-electron chi connectivity index (χ0n) is 10.6. The van der Waals surface area contributed by atoms with E-state index in [1.807, 2.05) is 7.05 Å². The summed E-state index contributed by atoms with van der Waals surface area (Å²) in [6, 6.07) is 16.9. The molecular weight excluding hydrogens is 220 g/mol. The molecule has 0 amide bonds. The molecule has 0 radical (unpaired) electrons. The molecule has 0 saturated carbocycles. The molecule has 90 valence electrons. The summed E-state index contributed by atoms with van der Waals surface area (Å²) in [7, 11) is 1.95. The van der Waals surface area contributed by atoms with E-state index in [1.54, 1.807) is 0 Å². The molecule has 1 aromatic heterocycles. The molecule has 0 aliphatic heterocycles. The molecule has 0 fully saturated rings. The molecule has 3 aromatic rings. The van der Waals surface area contributed by atoms with Gasteiger partial charge in [-0.25, -0.2) is 0 Å². The number of hydrogen-bond acceptors (Lipinski definition) is 1. The first-order valence-corrected chi connectivity index (χ1v) is 6.15. The molecule has 18 heavy (non-hydrogen) atoms. The monoisotopic (exact) mass is 236 g/mol. The largest absolute Gasteiger partial charge is 0.388 e. The van der Waals surface area contributed by atoms with Gasteiger partial charge in [0.1, 0.15) is 0 Å². The normalized spacial score (nSPS) is 10.8. The fourth-order valence-electron chi connectivity index (χ4n) is 2.48. The summed E-state index contributed by atoms with van der Waals surface area (Å²) in [5, 5.41) is 4.47. The van der Waals surface area contributed by atoms with Crippen LogP contribution < -0.4 is 5.32 Å². The quantitative estimate of drug-likeness (QED) is 0.686. The first kappa shape index (κ1) is 10.9. The highest BCUT2D eigenvalue weighted by Gasteiger charge is 2.09. The van der Waals surface area contributed by atoms with Gasteiger partial charge < -0.3 is 10.3 Å². The summed E-state index contributed by atoms with van der Waals surface area (Å²) in [5.41, 5.74) is 6.08. The van der Waals surface area contributed by atoms with Gasteiger partial charge in [-0.15, -0.1) is 0 Å². The molecule has 3 rings (SSSR count). The number of rotatable bonds is 2. The minimum atomic E-state index is 1.14. The Bertz CT molecular complexity index is 695. The van der Waals surface area contributed by atoms with E-state index in [-0.39, 0.29) is 0 Å².